The first-order valence-electron chi connectivity index (χ1n) is 4.04. The summed E-state index contributed by atoms with van der Waals surface area (Å²) in [6, 6.07) is 12.5. The molecule has 0 saturated carbocycles. The van der Waals surface area contributed by atoms with Gasteiger partial charge < -0.3 is 5.11 Å². The van der Waals surface area contributed by atoms with E-state index in [9.17, 15) is 0 Å². The second kappa shape index (κ2) is 18.9. The summed E-state index contributed by atoms with van der Waals surface area (Å²) >= 11 is 0. The van der Waals surface area contributed by atoms with Gasteiger partial charge in [-0.15, -0.1) is 23.6 Å². The van der Waals surface area contributed by atoms with Crippen molar-refractivity contribution in [2.75, 3.05) is 6.61 Å². The van der Waals surface area contributed by atoms with Crippen molar-refractivity contribution in [1.29, 1.82) is 0 Å². The van der Waals surface area contributed by atoms with Crippen LogP contribution in [-0.2, 0) is 0 Å². The van der Waals surface area contributed by atoms with Crippen LogP contribution in [0.2, 0.25) is 0 Å². The van der Waals surface area contributed by atoms with Gasteiger partial charge in [0.25, 0.3) is 0 Å². The van der Waals surface area contributed by atoms with E-state index in [2.05, 4.69) is 12.6 Å². The fourth-order valence-corrected chi connectivity index (χ4v) is 0.578. The number of halogens is 1. The van der Waals surface area contributed by atoms with Gasteiger partial charge in [-0.3, -0.25) is 0 Å². The van der Waals surface area contributed by atoms with Crippen LogP contribution in [0, 0.1) is 6.07 Å². The molecule has 0 aliphatic carbocycles. The van der Waals surface area contributed by atoms with Crippen molar-refractivity contribution in [3.05, 3.63) is 49.1 Å². The third kappa shape index (κ3) is 18.1. The first-order chi connectivity index (χ1) is 5.91. The number of benzene rings is 1. The van der Waals surface area contributed by atoms with Gasteiger partial charge in [-0.1, -0.05) is 6.08 Å². The molecule has 1 N–H and O–H groups in total. The Morgan fingerprint density at radius 3 is 1.93 bits per heavy atom. The maximum atomic E-state index is 8.15. The zero-order valence-electron chi connectivity index (χ0n) is 8.36. The van der Waals surface area contributed by atoms with Gasteiger partial charge in [0.05, 0.1) is 0 Å². The Morgan fingerprint density at radius 1 is 1.21 bits per heavy atom. The Hall–Kier alpha value is 0.166. The molecular weight excluding hydrogens is 252 g/mol. The van der Waals surface area contributed by atoms with Crippen molar-refractivity contribution in [2.45, 2.75) is 12.8 Å². The molecule has 0 heterocycles. The summed E-state index contributed by atoms with van der Waals surface area (Å²) in [5.74, 6) is 0. The van der Waals surface area contributed by atoms with Crippen LogP contribution in [0.1, 0.15) is 12.8 Å². The van der Waals surface area contributed by atoms with Crippen LogP contribution in [0.3, 0.4) is 0 Å². The second-order valence-corrected chi connectivity index (χ2v) is 2.23. The number of unbranched alkanes of at least 4 members (excludes halogenated alkanes) is 1. The molecule has 0 aliphatic rings. The molecule has 74 valence electrons. The minimum absolute atomic E-state index is 0. The molecule has 14 heavy (non-hydrogen) atoms. The van der Waals surface area contributed by atoms with E-state index in [-0.39, 0.29) is 46.6 Å². The maximum Gasteiger partial charge on any atom is 2.00 e. The number of allylic oxidation sites excluding steroid dienone is 1. The first kappa shape index (κ1) is 19.7. The zero-order chi connectivity index (χ0) is 9.07. The van der Waals surface area contributed by atoms with Crippen molar-refractivity contribution in [1.82, 2.24) is 0 Å². The normalized spacial score (nSPS) is 6.93. The smallest absolute Gasteiger partial charge is 0.396 e. The minimum atomic E-state index is 0. The molecule has 0 spiro atoms. The summed E-state index contributed by atoms with van der Waals surface area (Å²) in [4.78, 5) is 0. The quantitative estimate of drug-likeness (QED) is 0.387. The summed E-state index contributed by atoms with van der Waals surface area (Å²) in [7, 11) is 0. The first-order valence-corrected chi connectivity index (χ1v) is 4.04. The fraction of sp³-hybridized carbons (Fsp3) is 0.273. The summed E-state index contributed by atoms with van der Waals surface area (Å²) in [5, 5.41) is 8.15. The molecule has 0 atom stereocenters. The van der Waals surface area contributed by atoms with Crippen LogP contribution in [-0.4, -0.2) is 34.8 Å². The fourth-order valence-electron chi connectivity index (χ4n) is 0.578. The average molecular weight is 268 g/mol. The van der Waals surface area contributed by atoms with Crippen LogP contribution in [0.15, 0.2) is 43.0 Å². The predicted molar refractivity (Wildman–Crippen MR) is 67.9 cm³/mol. The molecule has 0 fully saturated rings. The molecule has 0 unspecified atom stereocenters. The van der Waals surface area contributed by atoms with Crippen LogP contribution >= 0.6 is 17.0 Å². The van der Waals surface area contributed by atoms with E-state index in [1.54, 1.807) is 6.08 Å². The van der Waals surface area contributed by atoms with Gasteiger partial charge in [0.2, 0.25) is 0 Å². The molecule has 0 radical (unpaired) electrons. The molecule has 1 aromatic carbocycles. The SMILES string of the molecule is Br.C=CCCCO.[Mg+2].[c-]1ccccc1. The van der Waals surface area contributed by atoms with Gasteiger partial charge in [-0.2, -0.15) is 36.4 Å². The summed E-state index contributed by atoms with van der Waals surface area (Å²) in [6.07, 6.45) is 3.58. The van der Waals surface area contributed by atoms with Crippen molar-refractivity contribution in [3.8, 4) is 0 Å². The third-order valence-corrected chi connectivity index (χ3v) is 1.17. The molecule has 0 aromatic heterocycles. The molecule has 0 bridgehead atoms. The van der Waals surface area contributed by atoms with Gasteiger partial charge in [-0.25, -0.2) is 0 Å². The number of rotatable bonds is 3. The summed E-state index contributed by atoms with van der Waals surface area (Å²) in [6.45, 7) is 3.77. The zero-order valence-corrected chi connectivity index (χ0v) is 11.5. The maximum absolute atomic E-state index is 8.15. The van der Waals surface area contributed by atoms with E-state index in [0.29, 0.717) is 0 Å². The van der Waals surface area contributed by atoms with Crippen molar-refractivity contribution in [3.63, 3.8) is 0 Å². The number of hydrogen-bond acceptors (Lipinski definition) is 1. The Kier molecular flexibility index (Phi) is 26.5. The average Bonchev–Trinajstić information content (AvgIpc) is 2.18. The number of aliphatic hydroxyl groups excluding tert-OH is 1. The molecule has 0 aliphatic heterocycles. The van der Waals surface area contributed by atoms with Gasteiger partial charge in [0.15, 0.2) is 0 Å². The van der Waals surface area contributed by atoms with E-state index in [4.69, 9.17) is 5.11 Å². The molecule has 1 aromatic rings. The van der Waals surface area contributed by atoms with Crippen LogP contribution < -0.4 is 0 Å². The van der Waals surface area contributed by atoms with E-state index >= 15 is 0 Å². The van der Waals surface area contributed by atoms with Crippen LogP contribution in [0.25, 0.3) is 0 Å². The summed E-state index contributed by atoms with van der Waals surface area (Å²) in [5.41, 5.74) is 0. The monoisotopic (exact) mass is 267 g/mol. The Labute approximate surface area is 113 Å². The van der Waals surface area contributed by atoms with Crippen LogP contribution in [0.5, 0.6) is 0 Å². The molecule has 1 rings (SSSR count). The third-order valence-electron chi connectivity index (χ3n) is 1.17. The minimum Gasteiger partial charge on any atom is -0.396 e. The molecular formula is C11H16BrMgO+. The Bertz CT molecular complexity index is 153. The predicted octanol–water partition coefficient (Wildman–Crippen LogP) is 2.63. The van der Waals surface area contributed by atoms with Crippen molar-refractivity contribution in [2.24, 2.45) is 0 Å². The molecule has 1 nitrogen and oxygen atoms in total. The number of aliphatic hydroxyl groups is 1. The molecule has 0 saturated heterocycles. The van der Waals surface area contributed by atoms with Crippen molar-refractivity contribution >= 4 is 40.0 Å². The number of hydrogen-bond donors (Lipinski definition) is 1. The molecule has 0 amide bonds. The molecule has 3 heteroatoms. The van der Waals surface area contributed by atoms with E-state index in [0.717, 1.165) is 12.8 Å². The van der Waals surface area contributed by atoms with Gasteiger partial charge >= 0.3 is 23.1 Å². The largest absolute Gasteiger partial charge is 2.00 e. The van der Waals surface area contributed by atoms with E-state index in [1.165, 1.54) is 0 Å². The van der Waals surface area contributed by atoms with Crippen molar-refractivity contribution < 1.29 is 5.11 Å². The van der Waals surface area contributed by atoms with Gasteiger partial charge in [0, 0.05) is 6.61 Å². The van der Waals surface area contributed by atoms with Crippen LogP contribution in [0.4, 0.5) is 0 Å². The van der Waals surface area contributed by atoms with E-state index in [1.807, 2.05) is 30.3 Å². The Balaban J connectivity index is -0.000000151. The summed E-state index contributed by atoms with van der Waals surface area (Å²) < 4.78 is 0. The Morgan fingerprint density at radius 2 is 1.79 bits per heavy atom. The van der Waals surface area contributed by atoms with Gasteiger partial charge in [-0.05, 0) is 12.8 Å². The topological polar surface area (TPSA) is 20.2 Å². The standard InChI is InChI=1S/C6H5.C5H10O.BrH.Mg/c1-2-4-6-5-3-1;1-2-3-4-5-6;;/h1-5H;2,6H,1,3-5H2;1H;/q-1;;;+2. The second-order valence-electron chi connectivity index (χ2n) is 2.23. The van der Waals surface area contributed by atoms with E-state index < -0.39 is 0 Å². The van der Waals surface area contributed by atoms with Gasteiger partial charge in [0.1, 0.15) is 0 Å².